The molecular formula is C9H9NaO4S. The van der Waals surface area contributed by atoms with Gasteiger partial charge in [-0.3, -0.25) is 0 Å². The van der Waals surface area contributed by atoms with Crippen LogP contribution in [0.2, 0.25) is 0 Å². The molecule has 0 heterocycles. The molecule has 0 fully saturated rings. The molecule has 1 N–H and O–H groups in total. The quantitative estimate of drug-likeness (QED) is 0.417. The molecule has 0 amide bonds. The van der Waals surface area contributed by atoms with Crippen molar-refractivity contribution in [1.29, 1.82) is 0 Å². The van der Waals surface area contributed by atoms with E-state index in [0.717, 1.165) is 11.1 Å². The minimum absolute atomic E-state index is 0. The second-order valence-corrected chi connectivity index (χ2v) is 5.19. The molecule has 1 aliphatic rings. The van der Waals surface area contributed by atoms with Gasteiger partial charge in [-0.25, -0.2) is 8.42 Å². The van der Waals surface area contributed by atoms with Crippen LogP contribution in [0.25, 0.3) is 0 Å². The summed E-state index contributed by atoms with van der Waals surface area (Å²) in [5, 5.41) is 9.65. The van der Waals surface area contributed by atoms with Crippen molar-refractivity contribution in [3.63, 3.8) is 0 Å². The van der Waals surface area contributed by atoms with Gasteiger partial charge in [-0.1, -0.05) is 24.3 Å². The van der Waals surface area contributed by atoms with Crippen LogP contribution in [0, 0.1) is 0 Å². The smallest absolute Gasteiger partial charge is 0.746 e. The summed E-state index contributed by atoms with van der Waals surface area (Å²) < 4.78 is 32.5. The van der Waals surface area contributed by atoms with Gasteiger partial charge in [0.05, 0.1) is 0 Å². The van der Waals surface area contributed by atoms with Gasteiger partial charge in [-0.15, -0.1) is 0 Å². The van der Waals surface area contributed by atoms with Crippen molar-refractivity contribution in [2.24, 2.45) is 0 Å². The van der Waals surface area contributed by atoms with Crippen LogP contribution in [0.1, 0.15) is 11.1 Å². The summed E-state index contributed by atoms with van der Waals surface area (Å²) in [6.45, 7) is 0. The minimum Gasteiger partial charge on any atom is -0.746 e. The van der Waals surface area contributed by atoms with Crippen molar-refractivity contribution >= 4 is 10.1 Å². The number of fused-ring (bicyclic) bond motifs is 1. The molecule has 1 aromatic carbocycles. The van der Waals surface area contributed by atoms with Crippen molar-refractivity contribution < 1.29 is 47.6 Å². The number of hydrogen-bond donors (Lipinski definition) is 1. The monoisotopic (exact) mass is 236 g/mol. The SMILES string of the molecule is O=S(=O)([O-])C1(O)Cc2ccccc2C1.[Na+]. The summed E-state index contributed by atoms with van der Waals surface area (Å²) in [7, 11) is -4.66. The van der Waals surface area contributed by atoms with Crippen molar-refractivity contribution in [2.45, 2.75) is 17.8 Å². The Kier molecular flexibility index (Phi) is 3.65. The third kappa shape index (κ3) is 2.27. The fourth-order valence-electron chi connectivity index (χ4n) is 1.74. The molecule has 2 rings (SSSR count). The fourth-order valence-corrected chi connectivity index (χ4v) is 2.40. The van der Waals surface area contributed by atoms with Crippen LogP contribution in [0.3, 0.4) is 0 Å². The van der Waals surface area contributed by atoms with E-state index in [4.69, 9.17) is 0 Å². The standard InChI is InChI=1S/C9H10O4S.Na/c10-9(14(11,12)13)5-7-3-1-2-4-8(7)6-9;/h1-4,10H,5-6H2,(H,11,12,13);/q;+1/p-1. The first-order valence-corrected chi connectivity index (χ1v) is 5.58. The van der Waals surface area contributed by atoms with Crippen LogP contribution in [0.4, 0.5) is 0 Å². The van der Waals surface area contributed by atoms with Gasteiger partial charge < -0.3 is 9.66 Å². The van der Waals surface area contributed by atoms with Gasteiger partial charge in [0.1, 0.15) is 10.1 Å². The Morgan fingerprint density at radius 2 is 1.60 bits per heavy atom. The van der Waals surface area contributed by atoms with E-state index in [0.29, 0.717) is 0 Å². The molecule has 1 aliphatic carbocycles. The Labute approximate surface area is 110 Å². The Bertz CT molecular complexity index is 444. The molecule has 0 saturated carbocycles. The summed E-state index contributed by atoms with van der Waals surface area (Å²) >= 11 is 0. The summed E-state index contributed by atoms with van der Waals surface area (Å²) in [4.78, 5) is -2.14. The predicted molar refractivity (Wildman–Crippen MR) is 48.5 cm³/mol. The van der Waals surface area contributed by atoms with Gasteiger partial charge in [0.25, 0.3) is 0 Å². The molecule has 0 radical (unpaired) electrons. The first kappa shape index (κ1) is 13.2. The van der Waals surface area contributed by atoms with E-state index in [1.165, 1.54) is 0 Å². The first-order valence-electron chi connectivity index (χ1n) is 4.17. The molecule has 6 heteroatoms. The first-order chi connectivity index (χ1) is 6.42. The van der Waals surface area contributed by atoms with Crippen LogP contribution in [0.5, 0.6) is 0 Å². The van der Waals surface area contributed by atoms with E-state index in [1.54, 1.807) is 24.3 Å². The summed E-state index contributed by atoms with van der Waals surface area (Å²) in [5.74, 6) is 0. The fraction of sp³-hybridized carbons (Fsp3) is 0.333. The van der Waals surface area contributed by atoms with Crippen molar-refractivity contribution in [3.8, 4) is 0 Å². The van der Waals surface area contributed by atoms with Gasteiger partial charge in [0, 0.05) is 12.8 Å². The molecule has 0 aliphatic heterocycles. The van der Waals surface area contributed by atoms with Crippen LogP contribution in [-0.2, 0) is 23.0 Å². The van der Waals surface area contributed by atoms with Gasteiger partial charge in [-0.2, -0.15) is 0 Å². The maximum Gasteiger partial charge on any atom is 1.00 e. The van der Waals surface area contributed by atoms with Gasteiger partial charge >= 0.3 is 29.6 Å². The molecule has 4 nitrogen and oxygen atoms in total. The summed E-state index contributed by atoms with van der Waals surface area (Å²) in [5.41, 5.74) is 1.46. The zero-order valence-corrected chi connectivity index (χ0v) is 11.1. The topological polar surface area (TPSA) is 77.4 Å². The Balaban J connectivity index is 0.00000112. The summed E-state index contributed by atoms with van der Waals surface area (Å²) in [6, 6.07) is 6.95. The van der Waals surface area contributed by atoms with Crippen LogP contribution < -0.4 is 29.6 Å². The van der Waals surface area contributed by atoms with Gasteiger partial charge in [0.15, 0.2) is 4.93 Å². The Morgan fingerprint density at radius 1 is 1.20 bits per heavy atom. The summed E-state index contributed by atoms with van der Waals surface area (Å²) in [6.07, 6.45) is -0.204. The zero-order valence-electron chi connectivity index (χ0n) is 8.30. The Hall–Kier alpha value is 0.0900. The number of benzene rings is 1. The van der Waals surface area contributed by atoms with E-state index in [9.17, 15) is 18.1 Å². The number of rotatable bonds is 1. The van der Waals surface area contributed by atoms with E-state index in [2.05, 4.69) is 0 Å². The van der Waals surface area contributed by atoms with Crippen molar-refractivity contribution in [2.75, 3.05) is 0 Å². The molecule has 0 saturated heterocycles. The second-order valence-electron chi connectivity index (χ2n) is 3.52. The minimum atomic E-state index is -4.66. The van der Waals surface area contributed by atoms with Crippen LogP contribution >= 0.6 is 0 Å². The predicted octanol–water partition coefficient (Wildman–Crippen LogP) is -2.98. The molecule has 0 spiro atoms. The molecule has 15 heavy (non-hydrogen) atoms. The van der Waals surface area contributed by atoms with Crippen LogP contribution in [0.15, 0.2) is 24.3 Å². The van der Waals surface area contributed by atoms with Gasteiger partial charge in [-0.05, 0) is 11.1 Å². The molecular weight excluding hydrogens is 227 g/mol. The zero-order chi connectivity index (χ0) is 10.4. The van der Waals surface area contributed by atoms with E-state index >= 15 is 0 Å². The second kappa shape index (κ2) is 4.16. The van der Waals surface area contributed by atoms with E-state index in [-0.39, 0.29) is 42.4 Å². The largest absolute Gasteiger partial charge is 1.00 e. The molecule has 0 aromatic heterocycles. The van der Waals surface area contributed by atoms with Crippen molar-refractivity contribution in [3.05, 3.63) is 35.4 Å². The number of aliphatic hydroxyl groups is 1. The molecule has 0 bridgehead atoms. The van der Waals surface area contributed by atoms with E-state index < -0.39 is 15.1 Å². The maximum atomic E-state index is 10.8. The molecule has 0 unspecified atom stereocenters. The molecule has 76 valence electrons. The average molecular weight is 236 g/mol. The average Bonchev–Trinajstić information content (AvgIpc) is 2.40. The number of hydrogen-bond acceptors (Lipinski definition) is 4. The van der Waals surface area contributed by atoms with E-state index in [1.807, 2.05) is 0 Å². The van der Waals surface area contributed by atoms with Crippen LogP contribution in [-0.4, -0.2) is 23.0 Å². The third-order valence-electron chi connectivity index (χ3n) is 2.52. The van der Waals surface area contributed by atoms with Gasteiger partial charge in [0.2, 0.25) is 0 Å². The molecule has 0 atom stereocenters. The maximum absolute atomic E-state index is 10.8. The third-order valence-corrected chi connectivity index (χ3v) is 3.74. The normalized spacial score (nSPS) is 18.0. The molecule has 1 aromatic rings. The Morgan fingerprint density at radius 3 is 1.93 bits per heavy atom. The van der Waals surface area contributed by atoms with Crippen molar-refractivity contribution in [1.82, 2.24) is 0 Å².